The first kappa shape index (κ1) is 15.2. The van der Waals surface area contributed by atoms with E-state index in [9.17, 15) is 4.79 Å². The Bertz CT molecular complexity index is 437. The van der Waals surface area contributed by atoms with E-state index in [0.29, 0.717) is 18.7 Å². The van der Waals surface area contributed by atoms with Gasteiger partial charge in [-0.1, -0.05) is 12.1 Å². The minimum atomic E-state index is -0.144. The number of ether oxygens (including phenoxy) is 2. The molecule has 0 aliphatic heterocycles. The highest BCUT2D eigenvalue weighted by Gasteiger charge is 2.09. The number of nitrogens with one attached hydrogen (secondary N) is 1. The molecule has 1 rings (SSSR count). The SMILES string of the molecule is COCC(CNC(=O)Cc1ccc(C#N)cc1)OC. The van der Waals surface area contributed by atoms with Crippen molar-refractivity contribution in [2.75, 3.05) is 27.4 Å². The fraction of sp³-hybridized carbons (Fsp3) is 0.429. The molecule has 0 bridgehead atoms. The monoisotopic (exact) mass is 262 g/mol. The number of nitriles is 1. The zero-order chi connectivity index (χ0) is 14.1. The second-order valence-electron chi connectivity index (χ2n) is 4.10. The molecule has 0 aliphatic carbocycles. The van der Waals surface area contributed by atoms with E-state index in [1.165, 1.54) is 0 Å². The van der Waals surface area contributed by atoms with Crippen LogP contribution in [0.4, 0.5) is 0 Å². The molecule has 1 aromatic carbocycles. The minimum absolute atomic E-state index is 0.0807. The van der Waals surface area contributed by atoms with Crippen molar-refractivity contribution in [3.05, 3.63) is 35.4 Å². The van der Waals surface area contributed by atoms with Gasteiger partial charge in [0.25, 0.3) is 0 Å². The van der Waals surface area contributed by atoms with Gasteiger partial charge in [0.1, 0.15) is 0 Å². The molecule has 102 valence electrons. The third-order valence-electron chi connectivity index (χ3n) is 2.66. The van der Waals surface area contributed by atoms with Crippen molar-refractivity contribution in [1.29, 1.82) is 5.26 Å². The molecule has 0 saturated heterocycles. The lowest BCUT2D eigenvalue weighted by molar-refractivity contribution is -0.121. The molecule has 1 aromatic rings. The molecule has 0 aromatic heterocycles. The van der Waals surface area contributed by atoms with Gasteiger partial charge in [0, 0.05) is 20.8 Å². The molecule has 1 unspecified atom stereocenters. The van der Waals surface area contributed by atoms with Crippen molar-refractivity contribution < 1.29 is 14.3 Å². The van der Waals surface area contributed by atoms with Gasteiger partial charge in [0.05, 0.1) is 30.8 Å². The topological polar surface area (TPSA) is 71.3 Å². The molecule has 5 nitrogen and oxygen atoms in total. The summed E-state index contributed by atoms with van der Waals surface area (Å²) >= 11 is 0. The van der Waals surface area contributed by atoms with Crippen LogP contribution in [0.3, 0.4) is 0 Å². The first-order valence-electron chi connectivity index (χ1n) is 5.97. The number of amides is 1. The molecule has 0 aliphatic rings. The van der Waals surface area contributed by atoms with Gasteiger partial charge in [-0.25, -0.2) is 0 Å². The summed E-state index contributed by atoms with van der Waals surface area (Å²) in [6, 6.07) is 9.00. The van der Waals surface area contributed by atoms with E-state index in [1.807, 2.05) is 6.07 Å². The average Bonchev–Trinajstić information content (AvgIpc) is 2.44. The van der Waals surface area contributed by atoms with Crippen molar-refractivity contribution >= 4 is 5.91 Å². The van der Waals surface area contributed by atoms with E-state index >= 15 is 0 Å². The maximum absolute atomic E-state index is 11.7. The third-order valence-corrected chi connectivity index (χ3v) is 2.66. The van der Waals surface area contributed by atoms with Crippen LogP contribution in [-0.4, -0.2) is 39.4 Å². The Morgan fingerprint density at radius 3 is 2.58 bits per heavy atom. The number of rotatable bonds is 7. The molecule has 1 N–H and O–H groups in total. The summed E-state index contributed by atoms with van der Waals surface area (Å²) in [7, 11) is 3.17. The number of hydrogen-bond donors (Lipinski definition) is 1. The molecule has 19 heavy (non-hydrogen) atoms. The van der Waals surface area contributed by atoms with Gasteiger partial charge in [-0.2, -0.15) is 5.26 Å². The van der Waals surface area contributed by atoms with Crippen LogP contribution in [0.15, 0.2) is 24.3 Å². The highest BCUT2D eigenvalue weighted by atomic mass is 16.5. The summed E-state index contributed by atoms with van der Waals surface area (Å²) in [5, 5.41) is 11.5. The molecule has 0 fully saturated rings. The predicted octanol–water partition coefficient (Wildman–Crippen LogP) is 0.878. The lowest BCUT2D eigenvalue weighted by Crippen LogP contribution is -2.36. The van der Waals surface area contributed by atoms with Gasteiger partial charge in [-0.05, 0) is 17.7 Å². The van der Waals surface area contributed by atoms with Crippen LogP contribution >= 0.6 is 0 Å². The average molecular weight is 262 g/mol. The van der Waals surface area contributed by atoms with E-state index in [4.69, 9.17) is 14.7 Å². The van der Waals surface area contributed by atoms with Crippen molar-refractivity contribution in [2.24, 2.45) is 0 Å². The van der Waals surface area contributed by atoms with Crippen LogP contribution in [0.1, 0.15) is 11.1 Å². The van der Waals surface area contributed by atoms with E-state index in [2.05, 4.69) is 5.32 Å². The van der Waals surface area contributed by atoms with Gasteiger partial charge in [-0.15, -0.1) is 0 Å². The van der Waals surface area contributed by atoms with Gasteiger partial charge in [-0.3, -0.25) is 4.79 Å². The van der Waals surface area contributed by atoms with Gasteiger partial charge in [0.2, 0.25) is 5.91 Å². The quantitative estimate of drug-likeness (QED) is 0.791. The fourth-order valence-electron chi connectivity index (χ4n) is 1.57. The molecular formula is C14H18N2O3. The Labute approximate surface area is 113 Å². The Balaban J connectivity index is 2.40. The molecule has 1 atom stereocenters. The molecule has 0 heterocycles. The zero-order valence-electron chi connectivity index (χ0n) is 11.2. The standard InChI is InChI=1S/C14H18N2O3/c1-18-10-13(19-2)9-16-14(17)7-11-3-5-12(8-15)6-4-11/h3-6,13H,7,9-10H2,1-2H3,(H,16,17). The number of carbonyl (C=O) groups is 1. The van der Waals surface area contributed by atoms with Crippen LogP contribution in [0.25, 0.3) is 0 Å². The predicted molar refractivity (Wildman–Crippen MR) is 70.5 cm³/mol. The lowest BCUT2D eigenvalue weighted by Gasteiger charge is -2.14. The molecule has 1 amide bonds. The maximum Gasteiger partial charge on any atom is 0.224 e. The summed E-state index contributed by atoms with van der Waals surface area (Å²) in [6.45, 7) is 0.854. The van der Waals surface area contributed by atoms with Gasteiger partial charge >= 0.3 is 0 Å². The Morgan fingerprint density at radius 2 is 2.05 bits per heavy atom. The smallest absolute Gasteiger partial charge is 0.224 e. The number of carbonyl (C=O) groups excluding carboxylic acids is 1. The number of nitrogens with zero attached hydrogens (tertiary/aromatic N) is 1. The maximum atomic E-state index is 11.7. The summed E-state index contributed by atoms with van der Waals surface area (Å²) < 4.78 is 10.1. The van der Waals surface area contributed by atoms with E-state index in [0.717, 1.165) is 5.56 Å². The fourth-order valence-corrected chi connectivity index (χ4v) is 1.57. The van der Waals surface area contributed by atoms with Crippen molar-refractivity contribution in [2.45, 2.75) is 12.5 Å². The van der Waals surface area contributed by atoms with Crippen molar-refractivity contribution in [3.8, 4) is 6.07 Å². The van der Waals surface area contributed by atoms with Gasteiger partial charge < -0.3 is 14.8 Å². The highest BCUT2D eigenvalue weighted by Crippen LogP contribution is 2.04. The van der Waals surface area contributed by atoms with Crippen molar-refractivity contribution in [3.63, 3.8) is 0 Å². The second-order valence-corrected chi connectivity index (χ2v) is 4.10. The van der Waals surface area contributed by atoms with E-state index in [-0.39, 0.29) is 18.4 Å². The Kier molecular flexibility index (Phi) is 6.58. The van der Waals surface area contributed by atoms with Crippen molar-refractivity contribution in [1.82, 2.24) is 5.32 Å². The molecular weight excluding hydrogens is 244 g/mol. The molecule has 0 spiro atoms. The molecule has 0 saturated carbocycles. The highest BCUT2D eigenvalue weighted by molar-refractivity contribution is 5.78. The summed E-state index contributed by atoms with van der Waals surface area (Å²) in [4.78, 5) is 11.7. The van der Waals surface area contributed by atoms with Gasteiger partial charge in [0.15, 0.2) is 0 Å². The minimum Gasteiger partial charge on any atom is -0.382 e. The first-order valence-corrected chi connectivity index (χ1v) is 5.97. The van der Waals surface area contributed by atoms with E-state index in [1.54, 1.807) is 38.5 Å². The number of methoxy groups -OCH3 is 2. The number of hydrogen-bond acceptors (Lipinski definition) is 4. The van der Waals surface area contributed by atoms with Crippen LogP contribution in [0.2, 0.25) is 0 Å². The summed E-state index contributed by atoms with van der Waals surface area (Å²) in [5.41, 5.74) is 1.46. The van der Waals surface area contributed by atoms with Crippen LogP contribution in [0.5, 0.6) is 0 Å². The van der Waals surface area contributed by atoms with Crippen LogP contribution in [0, 0.1) is 11.3 Å². The lowest BCUT2D eigenvalue weighted by atomic mass is 10.1. The van der Waals surface area contributed by atoms with E-state index < -0.39 is 0 Å². The molecule has 0 radical (unpaired) electrons. The normalized spacial score (nSPS) is 11.6. The zero-order valence-corrected chi connectivity index (χ0v) is 11.2. The Morgan fingerprint density at radius 1 is 1.37 bits per heavy atom. The number of benzene rings is 1. The first-order chi connectivity index (χ1) is 9.19. The second kappa shape index (κ2) is 8.25. The largest absolute Gasteiger partial charge is 0.382 e. The molecule has 5 heteroatoms. The third kappa shape index (κ3) is 5.51. The van der Waals surface area contributed by atoms with Crippen LogP contribution < -0.4 is 5.32 Å². The van der Waals surface area contributed by atoms with Crippen LogP contribution in [-0.2, 0) is 20.7 Å². The Hall–Kier alpha value is -1.90. The summed E-state index contributed by atoms with van der Waals surface area (Å²) in [5.74, 6) is -0.0807. The summed E-state index contributed by atoms with van der Waals surface area (Å²) in [6.07, 6.45) is 0.143.